The standard InChI is InChI=1S/C16H32N2/c1-15-6-8-16(9-7-15)14-17-10-5-13-18-11-3-2-4-12-18/h15-17H,2-14H2,1H3. The van der Waals surface area contributed by atoms with Gasteiger partial charge in [-0.15, -0.1) is 0 Å². The van der Waals surface area contributed by atoms with E-state index in [0.29, 0.717) is 0 Å². The van der Waals surface area contributed by atoms with Crippen molar-refractivity contribution in [1.29, 1.82) is 0 Å². The first-order chi connectivity index (χ1) is 8.84. The zero-order valence-corrected chi connectivity index (χ0v) is 12.3. The summed E-state index contributed by atoms with van der Waals surface area (Å²) in [7, 11) is 0. The van der Waals surface area contributed by atoms with Crippen LogP contribution in [0.1, 0.15) is 58.3 Å². The van der Waals surface area contributed by atoms with Crippen LogP contribution in [-0.2, 0) is 0 Å². The van der Waals surface area contributed by atoms with Crippen LogP contribution in [-0.4, -0.2) is 37.6 Å². The summed E-state index contributed by atoms with van der Waals surface area (Å²) in [6.45, 7) is 8.91. The molecule has 2 fully saturated rings. The zero-order chi connectivity index (χ0) is 12.6. The first-order valence-corrected chi connectivity index (χ1v) is 8.27. The minimum atomic E-state index is 0.969. The van der Waals surface area contributed by atoms with Gasteiger partial charge in [-0.1, -0.05) is 26.2 Å². The van der Waals surface area contributed by atoms with Crippen molar-refractivity contribution in [1.82, 2.24) is 10.2 Å². The molecule has 0 spiro atoms. The molecule has 18 heavy (non-hydrogen) atoms. The molecular formula is C16H32N2. The first kappa shape index (κ1) is 14.3. The van der Waals surface area contributed by atoms with Gasteiger partial charge in [0.15, 0.2) is 0 Å². The minimum Gasteiger partial charge on any atom is -0.316 e. The van der Waals surface area contributed by atoms with Crippen LogP contribution in [0.2, 0.25) is 0 Å². The van der Waals surface area contributed by atoms with Crippen LogP contribution in [0.25, 0.3) is 0 Å². The van der Waals surface area contributed by atoms with Gasteiger partial charge in [-0.25, -0.2) is 0 Å². The summed E-state index contributed by atoms with van der Waals surface area (Å²) in [6.07, 6.45) is 11.5. The third kappa shape index (κ3) is 5.27. The van der Waals surface area contributed by atoms with E-state index in [1.807, 2.05) is 0 Å². The van der Waals surface area contributed by atoms with E-state index in [9.17, 15) is 0 Å². The van der Waals surface area contributed by atoms with Crippen LogP contribution in [0.4, 0.5) is 0 Å². The molecule has 2 rings (SSSR count). The summed E-state index contributed by atoms with van der Waals surface area (Å²) >= 11 is 0. The predicted octanol–water partition coefficient (Wildman–Crippen LogP) is 3.28. The van der Waals surface area contributed by atoms with Crippen molar-refractivity contribution >= 4 is 0 Å². The lowest BCUT2D eigenvalue weighted by Gasteiger charge is -2.27. The molecule has 0 aromatic carbocycles. The van der Waals surface area contributed by atoms with Crippen molar-refractivity contribution in [3.63, 3.8) is 0 Å². The van der Waals surface area contributed by atoms with E-state index in [0.717, 1.165) is 11.8 Å². The summed E-state index contributed by atoms with van der Waals surface area (Å²) in [5.41, 5.74) is 0. The molecule has 1 saturated heterocycles. The second-order valence-electron chi connectivity index (χ2n) is 6.59. The topological polar surface area (TPSA) is 15.3 Å². The van der Waals surface area contributed by atoms with E-state index in [-0.39, 0.29) is 0 Å². The van der Waals surface area contributed by atoms with Crippen molar-refractivity contribution in [2.24, 2.45) is 11.8 Å². The third-order valence-corrected chi connectivity index (χ3v) is 4.85. The number of nitrogens with zero attached hydrogens (tertiary/aromatic N) is 1. The Labute approximate surface area is 114 Å². The maximum atomic E-state index is 3.68. The van der Waals surface area contributed by atoms with E-state index in [2.05, 4.69) is 17.1 Å². The van der Waals surface area contributed by atoms with Gasteiger partial charge in [0.1, 0.15) is 0 Å². The number of hydrogen-bond donors (Lipinski definition) is 1. The molecule has 1 heterocycles. The van der Waals surface area contributed by atoms with Gasteiger partial charge in [-0.05, 0) is 76.7 Å². The van der Waals surface area contributed by atoms with E-state index >= 15 is 0 Å². The molecule has 0 radical (unpaired) electrons. The molecule has 2 heteroatoms. The number of nitrogens with one attached hydrogen (secondary N) is 1. The molecule has 1 N–H and O–H groups in total. The Morgan fingerprint density at radius 3 is 2.44 bits per heavy atom. The van der Waals surface area contributed by atoms with E-state index in [4.69, 9.17) is 0 Å². The van der Waals surface area contributed by atoms with Crippen molar-refractivity contribution in [2.45, 2.75) is 58.3 Å². The molecule has 0 bridgehead atoms. The lowest BCUT2D eigenvalue weighted by atomic mass is 9.83. The maximum absolute atomic E-state index is 3.68. The zero-order valence-electron chi connectivity index (χ0n) is 12.3. The first-order valence-electron chi connectivity index (χ1n) is 8.27. The lowest BCUT2D eigenvalue weighted by Crippen LogP contribution is -2.33. The van der Waals surface area contributed by atoms with E-state index < -0.39 is 0 Å². The van der Waals surface area contributed by atoms with Crippen molar-refractivity contribution < 1.29 is 0 Å². The molecule has 106 valence electrons. The average molecular weight is 252 g/mol. The van der Waals surface area contributed by atoms with Crippen LogP contribution in [0.5, 0.6) is 0 Å². The van der Waals surface area contributed by atoms with Crippen molar-refractivity contribution in [2.75, 3.05) is 32.7 Å². The van der Waals surface area contributed by atoms with Gasteiger partial charge in [-0.3, -0.25) is 0 Å². The molecule has 0 unspecified atom stereocenters. The molecule has 2 nitrogen and oxygen atoms in total. The maximum Gasteiger partial charge on any atom is -0.000664 e. The highest BCUT2D eigenvalue weighted by Crippen LogP contribution is 2.27. The van der Waals surface area contributed by atoms with Crippen LogP contribution < -0.4 is 5.32 Å². The van der Waals surface area contributed by atoms with Gasteiger partial charge in [0.05, 0.1) is 0 Å². The lowest BCUT2D eigenvalue weighted by molar-refractivity contribution is 0.224. The van der Waals surface area contributed by atoms with Gasteiger partial charge in [0.2, 0.25) is 0 Å². The summed E-state index contributed by atoms with van der Waals surface area (Å²) < 4.78 is 0. The Morgan fingerprint density at radius 2 is 1.72 bits per heavy atom. The Morgan fingerprint density at radius 1 is 1.00 bits per heavy atom. The second-order valence-corrected chi connectivity index (χ2v) is 6.59. The smallest absolute Gasteiger partial charge is 0.000664 e. The summed E-state index contributed by atoms with van der Waals surface area (Å²) in [5.74, 6) is 1.96. The van der Waals surface area contributed by atoms with Gasteiger partial charge in [0.25, 0.3) is 0 Å². The van der Waals surface area contributed by atoms with Crippen molar-refractivity contribution in [3.05, 3.63) is 0 Å². The van der Waals surface area contributed by atoms with Crippen molar-refractivity contribution in [3.8, 4) is 0 Å². The second kappa shape index (κ2) is 8.16. The Balaban J connectivity index is 1.43. The summed E-state index contributed by atoms with van der Waals surface area (Å²) in [6, 6.07) is 0. The third-order valence-electron chi connectivity index (χ3n) is 4.85. The molecule has 1 aliphatic heterocycles. The molecule has 0 amide bonds. The largest absolute Gasteiger partial charge is 0.316 e. The highest BCUT2D eigenvalue weighted by atomic mass is 15.1. The van der Waals surface area contributed by atoms with Gasteiger partial charge < -0.3 is 10.2 Å². The summed E-state index contributed by atoms with van der Waals surface area (Å²) in [5, 5.41) is 3.68. The Hall–Kier alpha value is -0.0800. The molecule has 1 aliphatic carbocycles. The van der Waals surface area contributed by atoms with E-state index in [1.54, 1.807) is 0 Å². The molecular weight excluding hydrogens is 220 g/mol. The normalized spacial score (nSPS) is 30.5. The SMILES string of the molecule is CC1CCC(CNCCCN2CCCCC2)CC1. The fourth-order valence-electron chi connectivity index (χ4n) is 3.45. The quantitative estimate of drug-likeness (QED) is 0.730. The summed E-state index contributed by atoms with van der Waals surface area (Å²) in [4.78, 5) is 2.65. The fourth-order valence-corrected chi connectivity index (χ4v) is 3.45. The molecule has 1 saturated carbocycles. The monoisotopic (exact) mass is 252 g/mol. The number of likely N-dealkylation sites (tertiary alicyclic amines) is 1. The predicted molar refractivity (Wildman–Crippen MR) is 78.9 cm³/mol. The Bertz CT molecular complexity index is 203. The fraction of sp³-hybridized carbons (Fsp3) is 1.00. The van der Waals surface area contributed by atoms with Crippen LogP contribution in [0.15, 0.2) is 0 Å². The highest BCUT2D eigenvalue weighted by molar-refractivity contribution is 4.72. The van der Waals surface area contributed by atoms with E-state index in [1.165, 1.54) is 84.1 Å². The van der Waals surface area contributed by atoms with Gasteiger partial charge in [-0.2, -0.15) is 0 Å². The van der Waals surface area contributed by atoms with Crippen LogP contribution in [0, 0.1) is 11.8 Å². The number of rotatable bonds is 6. The molecule has 0 aromatic heterocycles. The average Bonchev–Trinajstić information content (AvgIpc) is 2.42. The van der Waals surface area contributed by atoms with Crippen LogP contribution in [0.3, 0.4) is 0 Å². The molecule has 2 aliphatic rings. The van der Waals surface area contributed by atoms with Crippen LogP contribution >= 0.6 is 0 Å². The Kier molecular flexibility index (Phi) is 6.50. The van der Waals surface area contributed by atoms with Gasteiger partial charge in [0, 0.05) is 0 Å². The van der Waals surface area contributed by atoms with Gasteiger partial charge >= 0.3 is 0 Å². The highest BCUT2D eigenvalue weighted by Gasteiger charge is 2.17. The number of piperidine rings is 1. The minimum absolute atomic E-state index is 0.969. The molecule has 0 aromatic rings. The number of hydrogen-bond acceptors (Lipinski definition) is 2. The molecule has 0 atom stereocenters.